The van der Waals surface area contributed by atoms with Crippen molar-refractivity contribution in [1.29, 1.82) is 0 Å². The van der Waals surface area contributed by atoms with Crippen LogP contribution >= 0.6 is 0 Å². The standard InChI is InChI=1S/C26H27NO5/c1-29-20-12-13-21(30-2)24-23(20)18-9-3-4-10-19(18)32-25(24)16-7-5-8-17(15-16)27-26(28)22-11-6-14-31-22/h5-8,11-15,18-19,25H,3-4,9-10H2,1-2H3,(H,27,28). The normalized spacial score (nSPS) is 21.9. The highest BCUT2D eigenvalue weighted by molar-refractivity contribution is 6.02. The van der Waals surface area contributed by atoms with E-state index in [4.69, 9.17) is 18.6 Å². The second-order valence-electron chi connectivity index (χ2n) is 8.30. The number of anilines is 1. The minimum Gasteiger partial charge on any atom is -0.496 e. The van der Waals surface area contributed by atoms with Gasteiger partial charge in [0.1, 0.15) is 17.6 Å². The summed E-state index contributed by atoms with van der Waals surface area (Å²) in [6.07, 6.45) is 5.75. The van der Waals surface area contributed by atoms with Crippen LogP contribution in [0, 0.1) is 0 Å². The lowest BCUT2D eigenvalue weighted by Crippen LogP contribution is -2.34. The highest BCUT2D eigenvalue weighted by Crippen LogP contribution is 2.52. The van der Waals surface area contributed by atoms with Crippen LogP contribution in [0.2, 0.25) is 0 Å². The predicted octanol–water partition coefficient (Wildman–Crippen LogP) is 5.69. The molecule has 6 nitrogen and oxygen atoms in total. The smallest absolute Gasteiger partial charge is 0.291 e. The van der Waals surface area contributed by atoms with Gasteiger partial charge in [-0.2, -0.15) is 0 Å². The molecule has 166 valence electrons. The monoisotopic (exact) mass is 433 g/mol. The lowest BCUT2D eigenvalue weighted by atomic mass is 9.75. The van der Waals surface area contributed by atoms with Crippen LogP contribution in [0.5, 0.6) is 11.5 Å². The van der Waals surface area contributed by atoms with Crippen LogP contribution in [-0.2, 0) is 4.74 Å². The molecule has 32 heavy (non-hydrogen) atoms. The van der Waals surface area contributed by atoms with Gasteiger partial charge in [-0.25, -0.2) is 0 Å². The molecule has 1 aliphatic heterocycles. The molecule has 0 spiro atoms. The van der Waals surface area contributed by atoms with Crippen molar-refractivity contribution >= 4 is 11.6 Å². The van der Waals surface area contributed by atoms with Gasteiger partial charge in [0.05, 0.1) is 26.6 Å². The van der Waals surface area contributed by atoms with E-state index < -0.39 is 0 Å². The Kier molecular flexibility index (Phi) is 5.62. The Morgan fingerprint density at radius 1 is 0.969 bits per heavy atom. The first-order valence-electron chi connectivity index (χ1n) is 11.0. The number of hydrogen-bond donors (Lipinski definition) is 1. The molecule has 0 radical (unpaired) electrons. The van der Waals surface area contributed by atoms with Crippen molar-refractivity contribution in [2.75, 3.05) is 19.5 Å². The van der Waals surface area contributed by atoms with Gasteiger partial charge in [-0.15, -0.1) is 0 Å². The van der Waals surface area contributed by atoms with Crippen molar-refractivity contribution in [2.45, 2.75) is 43.8 Å². The van der Waals surface area contributed by atoms with Gasteiger partial charge in [-0.05, 0) is 54.8 Å². The van der Waals surface area contributed by atoms with Gasteiger partial charge in [0.25, 0.3) is 5.91 Å². The number of amides is 1. The largest absolute Gasteiger partial charge is 0.496 e. The van der Waals surface area contributed by atoms with E-state index in [2.05, 4.69) is 5.32 Å². The summed E-state index contributed by atoms with van der Waals surface area (Å²) in [5.41, 5.74) is 3.85. The number of methoxy groups -OCH3 is 2. The van der Waals surface area contributed by atoms with Gasteiger partial charge in [0.15, 0.2) is 5.76 Å². The van der Waals surface area contributed by atoms with Crippen LogP contribution in [0.3, 0.4) is 0 Å². The average molecular weight is 434 g/mol. The van der Waals surface area contributed by atoms with E-state index in [1.165, 1.54) is 18.2 Å². The summed E-state index contributed by atoms with van der Waals surface area (Å²) in [5.74, 6) is 1.95. The number of ether oxygens (including phenoxy) is 3. The fourth-order valence-corrected chi connectivity index (χ4v) is 5.06. The zero-order valence-corrected chi connectivity index (χ0v) is 18.3. The highest BCUT2D eigenvalue weighted by atomic mass is 16.5. The molecule has 1 aliphatic carbocycles. The number of nitrogens with one attached hydrogen (secondary N) is 1. The first kappa shape index (κ1) is 20.6. The van der Waals surface area contributed by atoms with E-state index in [0.717, 1.165) is 41.9 Å². The molecule has 1 saturated carbocycles. The molecule has 3 aromatic rings. The van der Waals surface area contributed by atoms with Crippen LogP contribution in [0.15, 0.2) is 59.2 Å². The highest BCUT2D eigenvalue weighted by Gasteiger charge is 2.41. The summed E-state index contributed by atoms with van der Waals surface area (Å²) in [7, 11) is 3.40. The Balaban J connectivity index is 1.56. The van der Waals surface area contributed by atoms with Crippen molar-refractivity contribution in [2.24, 2.45) is 0 Å². The third-order valence-electron chi connectivity index (χ3n) is 6.49. The van der Waals surface area contributed by atoms with Crippen LogP contribution in [-0.4, -0.2) is 26.2 Å². The summed E-state index contributed by atoms with van der Waals surface area (Å²) in [5, 5.41) is 2.91. The summed E-state index contributed by atoms with van der Waals surface area (Å²) in [6.45, 7) is 0. The van der Waals surface area contributed by atoms with E-state index in [0.29, 0.717) is 11.6 Å². The van der Waals surface area contributed by atoms with E-state index >= 15 is 0 Å². The lowest BCUT2D eigenvalue weighted by molar-refractivity contribution is -0.0406. The fourth-order valence-electron chi connectivity index (χ4n) is 5.06. The molecule has 3 unspecified atom stereocenters. The molecule has 5 rings (SSSR count). The number of furan rings is 1. The maximum absolute atomic E-state index is 12.5. The molecule has 1 fully saturated rings. The second-order valence-corrected chi connectivity index (χ2v) is 8.30. The fraction of sp³-hybridized carbons (Fsp3) is 0.346. The number of carbonyl (C=O) groups excluding carboxylic acids is 1. The Labute approximate surface area is 187 Å². The van der Waals surface area contributed by atoms with E-state index in [-0.39, 0.29) is 23.9 Å². The minimum atomic E-state index is -0.310. The van der Waals surface area contributed by atoms with Crippen LogP contribution in [0.4, 0.5) is 5.69 Å². The Morgan fingerprint density at radius 2 is 1.75 bits per heavy atom. The number of benzene rings is 2. The topological polar surface area (TPSA) is 69.9 Å². The van der Waals surface area contributed by atoms with Gasteiger partial charge < -0.3 is 23.9 Å². The number of fused-ring (bicyclic) bond motifs is 3. The Morgan fingerprint density at radius 3 is 2.50 bits per heavy atom. The van der Waals surface area contributed by atoms with Crippen molar-refractivity contribution in [3.8, 4) is 11.5 Å². The molecular formula is C26H27NO5. The third-order valence-corrected chi connectivity index (χ3v) is 6.49. The first-order valence-corrected chi connectivity index (χ1v) is 11.0. The molecular weight excluding hydrogens is 406 g/mol. The summed E-state index contributed by atoms with van der Waals surface area (Å²) in [4.78, 5) is 12.5. The SMILES string of the molecule is COc1ccc(OC)c2c1C(c1cccc(NC(=O)c3ccco3)c1)OC1CCCCC21. The van der Waals surface area contributed by atoms with Gasteiger partial charge in [-0.1, -0.05) is 25.0 Å². The van der Waals surface area contributed by atoms with Crippen LogP contribution in [0.25, 0.3) is 0 Å². The van der Waals surface area contributed by atoms with E-state index in [9.17, 15) is 4.79 Å². The Bertz CT molecular complexity index is 1110. The first-order chi connectivity index (χ1) is 15.7. The molecule has 1 N–H and O–H groups in total. The van der Waals surface area contributed by atoms with E-state index in [1.54, 1.807) is 26.4 Å². The molecule has 6 heteroatoms. The molecule has 1 aromatic heterocycles. The van der Waals surface area contributed by atoms with Crippen molar-refractivity contribution in [1.82, 2.24) is 0 Å². The molecule has 1 amide bonds. The van der Waals surface area contributed by atoms with Crippen LogP contribution in [0.1, 0.15) is 65.0 Å². The maximum Gasteiger partial charge on any atom is 0.291 e. The van der Waals surface area contributed by atoms with Gasteiger partial charge in [0.2, 0.25) is 0 Å². The van der Waals surface area contributed by atoms with Crippen molar-refractivity contribution in [3.05, 3.63) is 77.2 Å². The van der Waals surface area contributed by atoms with Crippen LogP contribution < -0.4 is 14.8 Å². The zero-order chi connectivity index (χ0) is 22.1. The zero-order valence-electron chi connectivity index (χ0n) is 18.3. The predicted molar refractivity (Wildman–Crippen MR) is 121 cm³/mol. The summed E-state index contributed by atoms with van der Waals surface area (Å²) >= 11 is 0. The van der Waals surface area contributed by atoms with Gasteiger partial charge in [-0.3, -0.25) is 4.79 Å². The average Bonchev–Trinajstić information content (AvgIpc) is 3.38. The van der Waals surface area contributed by atoms with Crippen molar-refractivity contribution in [3.63, 3.8) is 0 Å². The molecule has 0 bridgehead atoms. The lowest BCUT2D eigenvalue weighted by Gasteiger charge is -2.42. The molecule has 2 heterocycles. The third kappa shape index (κ3) is 3.65. The summed E-state index contributed by atoms with van der Waals surface area (Å²) < 4.78 is 23.5. The van der Waals surface area contributed by atoms with Gasteiger partial charge >= 0.3 is 0 Å². The number of hydrogen-bond acceptors (Lipinski definition) is 5. The van der Waals surface area contributed by atoms with E-state index in [1.807, 2.05) is 36.4 Å². The number of rotatable bonds is 5. The molecule has 0 saturated heterocycles. The maximum atomic E-state index is 12.5. The number of carbonyl (C=O) groups is 1. The second kappa shape index (κ2) is 8.71. The quantitative estimate of drug-likeness (QED) is 0.559. The van der Waals surface area contributed by atoms with Crippen molar-refractivity contribution < 1.29 is 23.4 Å². The molecule has 2 aliphatic rings. The minimum absolute atomic E-state index is 0.128. The summed E-state index contributed by atoms with van der Waals surface area (Å²) in [6, 6.07) is 15.0. The molecule has 3 atom stereocenters. The van der Waals surface area contributed by atoms with Gasteiger partial charge in [0, 0.05) is 22.7 Å². The molecule has 2 aromatic carbocycles. The Hall–Kier alpha value is -3.25.